The Labute approximate surface area is 98.9 Å². The molecular formula is C12H14N2O3. The lowest BCUT2D eigenvalue weighted by Crippen LogP contribution is -2.26. The maximum absolute atomic E-state index is 11.6. The van der Waals surface area contributed by atoms with Gasteiger partial charge in [0, 0.05) is 18.9 Å². The third-order valence-electron chi connectivity index (χ3n) is 3.03. The summed E-state index contributed by atoms with van der Waals surface area (Å²) in [6.45, 7) is 2.35. The van der Waals surface area contributed by atoms with E-state index in [-0.39, 0.29) is 11.8 Å². The topological polar surface area (TPSA) is 79.3 Å². The number of hydrogen-bond donors (Lipinski definition) is 2. The maximum Gasteiger partial charge on any atom is 0.307 e. The number of carbonyl (C=O) groups is 2. The van der Waals surface area contributed by atoms with Gasteiger partial charge in [-0.05, 0) is 30.5 Å². The number of carbonyl (C=O) groups excluding carboxylic acids is 1. The highest BCUT2D eigenvalue weighted by Gasteiger charge is 2.48. The highest BCUT2D eigenvalue weighted by molar-refractivity contribution is 5.89. The first-order valence-electron chi connectivity index (χ1n) is 5.49. The third kappa shape index (κ3) is 2.61. The number of nitrogens with one attached hydrogen (secondary N) is 1. The Morgan fingerprint density at radius 1 is 1.53 bits per heavy atom. The Bertz CT molecular complexity index is 459. The molecule has 2 atom stereocenters. The van der Waals surface area contributed by atoms with Crippen LogP contribution in [0.25, 0.3) is 0 Å². The first-order chi connectivity index (χ1) is 8.09. The van der Waals surface area contributed by atoms with Crippen molar-refractivity contribution in [2.24, 2.45) is 11.8 Å². The number of nitrogens with zero attached hydrogens (tertiary/aromatic N) is 1. The van der Waals surface area contributed by atoms with Crippen LogP contribution in [0.4, 0.5) is 0 Å². The van der Waals surface area contributed by atoms with E-state index in [0.29, 0.717) is 13.0 Å². The van der Waals surface area contributed by atoms with Crippen LogP contribution in [-0.4, -0.2) is 22.0 Å². The molecule has 5 heteroatoms. The summed E-state index contributed by atoms with van der Waals surface area (Å²) in [6.07, 6.45) is 3.86. The van der Waals surface area contributed by atoms with Crippen molar-refractivity contribution < 1.29 is 14.7 Å². The second-order valence-electron chi connectivity index (χ2n) is 4.31. The molecule has 0 radical (unpaired) electrons. The molecule has 2 N–H and O–H groups in total. The van der Waals surface area contributed by atoms with E-state index in [0.717, 1.165) is 11.1 Å². The average molecular weight is 234 g/mol. The number of amides is 1. The number of pyridine rings is 1. The van der Waals surface area contributed by atoms with Gasteiger partial charge in [0.05, 0.1) is 11.8 Å². The highest BCUT2D eigenvalue weighted by Crippen LogP contribution is 2.38. The minimum Gasteiger partial charge on any atom is -0.481 e. The first-order valence-corrected chi connectivity index (χ1v) is 5.49. The lowest BCUT2D eigenvalue weighted by Gasteiger charge is -2.06. The number of aliphatic carboxylic acids is 1. The minimum atomic E-state index is -0.884. The molecule has 1 aromatic rings. The molecule has 1 fully saturated rings. The van der Waals surface area contributed by atoms with Gasteiger partial charge < -0.3 is 10.4 Å². The Morgan fingerprint density at radius 2 is 2.29 bits per heavy atom. The fourth-order valence-corrected chi connectivity index (χ4v) is 1.77. The van der Waals surface area contributed by atoms with E-state index in [1.54, 1.807) is 12.4 Å². The molecule has 17 heavy (non-hydrogen) atoms. The standard InChI is InChI=1S/C12H14N2O3/c1-7-5-13-3-2-8(7)6-14-11(15)9-4-10(9)12(16)17/h2-3,5,9-10H,4,6H2,1H3,(H,14,15)(H,16,17). The lowest BCUT2D eigenvalue weighted by molar-refractivity contribution is -0.140. The van der Waals surface area contributed by atoms with E-state index >= 15 is 0 Å². The second-order valence-corrected chi connectivity index (χ2v) is 4.31. The van der Waals surface area contributed by atoms with Gasteiger partial charge in [0.15, 0.2) is 0 Å². The minimum absolute atomic E-state index is 0.173. The van der Waals surface area contributed by atoms with E-state index in [9.17, 15) is 9.59 Å². The molecule has 2 rings (SSSR count). The number of aromatic nitrogens is 1. The Hall–Kier alpha value is -1.91. The van der Waals surface area contributed by atoms with Crippen LogP contribution in [0.5, 0.6) is 0 Å². The summed E-state index contributed by atoms with van der Waals surface area (Å²) in [4.78, 5) is 26.2. The van der Waals surface area contributed by atoms with Crippen molar-refractivity contribution in [3.63, 3.8) is 0 Å². The monoisotopic (exact) mass is 234 g/mol. The van der Waals surface area contributed by atoms with Crippen molar-refractivity contribution in [1.82, 2.24) is 10.3 Å². The summed E-state index contributed by atoms with van der Waals surface area (Å²) in [5.41, 5.74) is 2.01. The number of hydrogen-bond acceptors (Lipinski definition) is 3. The Morgan fingerprint density at radius 3 is 2.88 bits per heavy atom. The molecular weight excluding hydrogens is 220 g/mol. The largest absolute Gasteiger partial charge is 0.481 e. The molecule has 90 valence electrons. The molecule has 1 aliphatic rings. The van der Waals surface area contributed by atoms with Gasteiger partial charge in [-0.1, -0.05) is 0 Å². The van der Waals surface area contributed by atoms with Crippen LogP contribution < -0.4 is 5.32 Å². The normalized spacial score (nSPS) is 21.9. The van der Waals surface area contributed by atoms with Gasteiger partial charge in [-0.2, -0.15) is 0 Å². The molecule has 0 saturated heterocycles. The number of rotatable bonds is 4. The van der Waals surface area contributed by atoms with Crippen molar-refractivity contribution in [3.8, 4) is 0 Å². The van der Waals surface area contributed by atoms with Crippen LogP contribution in [0.1, 0.15) is 17.5 Å². The third-order valence-corrected chi connectivity index (χ3v) is 3.03. The van der Waals surface area contributed by atoms with E-state index in [1.165, 1.54) is 0 Å². The zero-order valence-electron chi connectivity index (χ0n) is 9.51. The zero-order valence-corrected chi connectivity index (χ0v) is 9.51. The summed E-state index contributed by atoms with van der Waals surface area (Å²) < 4.78 is 0. The molecule has 0 aromatic carbocycles. The van der Waals surface area contributed by atoms with Crippen LogP contribution in [-0.2, 0) is 16.1 Å². The van der Waals surface area contributed by atoms with Crippen LogP contribution >= 0.6 is 0 Å². The van der Waals surface area contributed by atoms with Crippen molar-refractivity contribution in [3.05, 3.63) is 29.6 Å². The lowest BCUT2D eigenvalue weighted by atomic mass is 10.1. The fourth-order valence-electron chi connectivity index (χ4n) is 1.77. The average Bonchev–Trinajstić information content (AvgIpc) is 3.07. The van der Waals surface area contributed by atoms with Gasteiger partial charge in [-0.15, -0.1) is 0 Å². The van der Waals surface area contributed by atoms with Crippen LogP contribution in [0.3, 0.4) is 0 Å². The molecule has 0 spiro atoms. The molecule has 1 aromatic heterocycles. The SMILES string of the molecule is Cc1cnccc1CNC(=O)C1CC1C(=O)O. The summed E-state index contributed by atoms with van der Waals surface area (Å²) in [5.74, 6) is -1.90. The van der Waals surface area contributed by atoms with E-state index in [4.69, 9.17) is 5.11 Å². The smallest absolute Gasteiger partial charge is 0.307 e. The van der Waals surface area contributed by atoms with Crippen molar-refractivity contribution >= 4 is 11.9 Å². The molecule has 1 heterocycles. The van der Waals surface area contributed by atoms with Crippen LogP contribution in [0.2, 0.25) is 0 Å². The number of carboxylic acids is 1. The maximum atomic E-state index is 11.6. The Balaban J connectivity index is 1.86. The molecule has 2 unspecified atom stereocenters. The summed E-state index contributed by atoms with van der Waals surface area (Å²) in [7, 11) is 0. The van der Waals surface area contributed by atoms with Crippen molar-refractivity contribution in [2.75, 3.05) is 0 Å². The van der Waals surface area contributed by atoms with Crippen molar-refractivity contribution in [2.45, 2.75) is 19.9 Å². The summed E-state index contributed by atoms with van der Waals surface area (Å²) in [6, 6.07) is 1.84. The van der Waals surface area contributed by atoms with Gasteiger partial charge in [-0.3, -0.25) is 14.6 Å². The molecule has 0 aliphatic heterocycles. The fraction of sp³-hybridized carbons (Fsp3) is 0.417. The van der Waals surface area contributed by atoms with E-state index in [1.807, 2.05) is 13.0 Å². The van der Waals surface area contributed by atoms with E-state index in [2.05, 4.69) is 10.3 Å². The zero-order chi connectivity index (χ0) is 12.4. The van der Waals surface area contributed by atoms with E-state index < -0.39 is 11.9 Å². The molecule has 1 aliphatic carbocycles. The number of carboxylic acid groups (broad SMARTS) is 1. The molecule has 1 saturated carbocycles. The van der Waals surface area contributed by atoms with Gasteiger partial charge >= 0.3 is 5.97 Å². The van der Waals surface area contributed by atoms with Crippen molar-refractivity contribution in [1.29, 1.82) is 0 Å². The Kier molecular flexibility index (Phi) is 3.08. The van der Waals surface area contributed by atoms with Gasteiger partial charge in [0.2, 0.25) is 5.91 Å². The first kappa shape index (κ1) is 11.6. The molecule has 5 nitrogen and oxygen atoms in total. The predicted molar refractivity (Wildman–Crippen MR) is 60.1 cm³/mol. The second kappa shape index (κ2) is 4.53. The highest BCUT2D eigenvalue weighted by atomic mass is 16.4. The molecule has 1 amide bonds. The summed E-state index contributed by atoms with van der Waals surface area (Å²) >= 11 is 0. The predicted octanol–water partition coefficient (Wildman–Crippen LogP) is 0.727. The van der Waals surface area contributed by atoms with Crippen LogP contribution in [0.15, 0.2) is 18.5 Å². The quantitative estimate of drug-likeness (QED) is 0.804. The number of aryl methyl sites for hydroxylation is 1. The van der Waals surface area contributed by atoms with Crippen LogP contribution in [0, 0.1) is 18.8 Å². The molecule has 0 bridgehead atoms. The van der Waals surface area contributed by atoms with Gasteiger partial charge in [-0.25, -0.2) is 0 Å². The van der Waals surface area contributed by atoms with Gasteiger partial charge in [0.1, 0.15) is 0 Å². The van der Waals surface area contributed by atoms with Gasteiger partial charge in [0.25, 0.3) is 0 Å². The summed E-state index contributed by atoms with van der Waals surface area (Å²) in [5, 5.41) is 11.5.